The summed E-state index contributed by atoms with van der Waals surface area (Å²) in [4.78, 5) is 18.1. The van der Waals surface area contributed by atoms with Crippen molar-refractivity contribution in [1.29, 1.82) is 0 Å². The van der Waals surface area contributed by atoms with E-state index < -0.39 is 0 Å². The number of halogens is 1. The van der Waals surface area contributed by atoms with Gasteiger partial charge in [0.15, 0.2) is 0 Å². The van der Waals surface area contributed by atoms with E-state index in [9.17, 15) is 9.18 Å². The second kappa shape index (κ2) is 9.59. The smallest absolute Gasteiger partial charge is 0.257 e. The lowest BCUT2D eigenvalue weighted by molar-refractivity contribution is 0.0782. The van der Waals surface area contributed by atoms with Gasteiger partial charge in [-0.2, -0.15) is 11.3 Å². The Morgan fingerprint density at radius 3 is 2.60 bits per heavy atom. The van der Waals surface area contributed by atoms with E-state index >= 15 is 0 Å². The molecule has 6 rings (SSSR count). The molecule has 2 aliphatic heterocycles. The summed E-state index contributed by atoms with van der Waals surface area (Å²) in [7, 11) is 0. The molecule has 2 fully saturated rings. The molecule has 2 saturated heterocycles. The Balaban J connectivity index is 1.16. The lowest BCUT2D eigenvalue weighted by Gasteiger charge is -2.34. The van der Waals surface area contributed by atoms with Gasteiger partial charge in [0.25, 0.3) is 5.91 Å². The number of amides is 1. The van der Waals surface area contributed by atoms with E-state index in [1.807, 2.05) is 41.3 Å². The number of hydrogen-bond acceptors (Lipinski definition) is 4. The molecule has 4 nitrogen and oxygen atoms in total. The van der Waals surface area contributed by atoms with Crippen LogP contribution in [0.4, 0.5) is 4.39 Å². The largest absolute Gasteiger partial charge is 0.464 e. The first-order valence-corrected chi connectivity index (χ1v) is 13.4. The minimum absolute atomic E-state index is 0.0586. The van der Waals surface area contributed by atoms with Crippen LogP contribution >= 0.6 is 11.3 Å². The summed E-state index contributed by atoms with van der Waals surface area (Å²) >= 11 is 1.72. The quantitative estimate of drug-likeness (QED) is 0.328. The second-order valence-electron chi connectivity index (χ2n) is 9.90. The summed E-state index contributed by atoms with van der Waals surface area (Å²) in [6.45, 7) is 4.56. The number of benzene rings is 2. The van der Waals surface area contributed by atoms with E-state index in [4.69, 9.17) is 4.42 Å². The summed E-state index contributed by atoms with van der Waals surface area (Å²) in [6.07, 6.45) is 3.83. The fourth-order valence-electron chi connectivity index (χ4n) is 5.93. The van der Waals surface area contributed by atoms with Crippen LogP contribution in [0.15, 0.2) is 76.0 Å². The SMILES string of the molecule is O=C(c1cccc2ccoc12)N1C[C@@H](CN2CCC(c3ccc(F)cc3)CC2)[C@H](c2ccsc2)C1. The molecular weight excluding hydrogens is 459 g/mol. The lowest BCUT2D eigenvalue weighted by atomic mass is 9.87. The van der Waals surface area contributed by atoms with Crippen LogP contribution in [0.5, 0.6) is 0 Å². The molecule has 4 aromatic rings. The minimum Gasteiger partial charge on any atom is -0.464 e. The van der Waals surface area contributed by atoms with Crippen molar-refractivity contribution < 1.29 is 13.6 Å². The zero-order valence-corrected chi connectivity index (χ0v) is 20.4. The van der Waals surface area contributed by atoms with Crippen LogP contribution in [0.2, 0.25) is 0 Å². The standard InChI is InChI=1S/C29H29FN2O2S/c30-25-6-4-20(5-7-25)21-8-12-31(13-9-21)16-24-17-32(18-27(24)23-11-15-35-19-23)29(33)26-3-1-2-22-10-14-34-28(22)26/h1-7,10-11,14-15,19,21,24,27H,8-9,12-13,16-18H2/t24-,27+/m1/s1. The van der Waals surface area contributed by atoms with Crippen molar-refractivity contribution in [2.45, 2.75) is 24.7 Å². The number of piperidine rings is 1. The van der Waals surface area contributed by atoms with Gasteiger partial charge in [0.1, 0.15) is 11.4 Å². The molecule has 0 N–H and O–H groups in total. The van der Waals surface area contributed by atoms with Gasteiger partial charge in [-0.1, -0.05) is 24.3 Å². The van der Waals surface area contributed by atoms with Gasteiger partial charge in [0.2, 0.25) is 0 Å². The number of hydrogen-bond donors (Lipinski definition) is 0. The van der Waals surface area contributed by atoms with Gasteiger partial charge in [-0.3, -0.25) is 4.79 Å². The summed E-state index contributed by atoms with van der Waals surface area (Å²) in [5, 5.41) is 5.33. The minimum atomic E-state index is -0.172. The molecule has 0 spiro atoms. The number of carbonyl (C=O) groups is 1. The first-order chi connectivity index (χ1) is 17.2. The molecule has 0 radical (unpaired) electrons. The summed E-state index contributed by atoms with van der Waals surface area (Å²) in [5.41, 5.74) is 3.91. The van der Waals surface area contributed by atoms with Gasteiger partial charge in [0, 0.05) is 30.9 Å². The van der Waals surface area contributed by atoms with Crippen molar-refractivity contribution in [1.82, 2.24) is 9.80 Å². The number of furan rings is 1. The molecule has 2 atom stereocenters. The maximum absolute atomic E-state index is 13.6. The Labute approximate surface area is 209 Å². The van der Waals surface area contributed by atoms with Gasteiger partial charge in [0.05, 0.1) is 11.8 Å². The third kappa shape index (κ3) is 4.53. The Morgan fingerprint density at radius 1 is 1.00 bits per heavy atom. The predicted octanol–water partition coefficient (Wildman–Crippen LogP) is 6.37. The van der Waals surface area contributed by atoms with Crippen molar-refractivity contribution in [3.05, 3.63) is 94.1 Å². The molecule has 1 amide bonds. The first-order valence-electron chi connectivity index (χ1n) is 12.4. The number of fused-ring (bicyclic) bond motifs is 1. The van der Waals surface area contributed by atoms with Crippen LogP contribution in [0.1, 0.15) is 46.2 Å². The maximum Gasteiger partial charge on any atom is 0.257 e. The van der Waals surface area contributed by atoms with Gasteiger partial charge < -0.3 is 14.2 Å². The molecule has 2 aromatic carbocycles. The number of nitrogens with zero attached hydrogens (tertiary/aromatic N) is 2. The third-order valence-electron chi connectivity index (χ3n) is 7.83. The Kier molecular flexibility index (Phi) is 6.17. The third-order valence-corrected chi connectivity index (χ3v) is 8.53. The molecule has 180 valence electrons. The highest BCUT2D eigenvalue weighted by Gasteiger charge is 2.38. The van der Waals surface area contributed by atoms with Crippen LogP contribution in [0, 0.1) is 11.7 Å². The van der Waals surface area contributed by atoms with Gasteiger partial charge in [-0.25, -0.2) is 4.39 Å². The van der Waals surface area contributed by atoms with Gasteiger partial charge in [-0.15, -0.1) is 0 Å². The van der Waals surface area contributed by atoms with Crippen molar-refractivity contribution in [3.8, 4) is 0 Å². The van der Waals surface area contributed by atoms with Crippen LogP contribution in [-0.4, -0.2) is 48.4 Å². The molecule has 0 bridgehead atoms. The van der Waals surface area contributed by atoms with Gasteiger partial charge >= 0.3 is 0 Å². The number of rotatable bonds is 5. The number of carbonyl (C=O) groups excluding carboxylic acids is 1. The summed E-state index contributed by atoms with van der Waals surface area (Å²) < 4.78 is 19.0. The van der Waals surface area contributed by atoms with Crippen molar-refractivity contribution in [3.63, 3.8) is 0 Å². The van der Waals surface area contributed by atoms with Crippen LogP contribution in [-0.2, 0) is 0 Å². The van der Waals surface area contributed by atoms with Crippen molar-refractivity contribution >= 4 is 28.2 Å². The van der Waals surface area contributed by atoms with Crippen LogP contribution in [0.25, 0.3) is 11.0 Å². The summed E-state index contributed by atoms with van der Waals surface area (Å²) in [6, 6.07) is 16.9. The van der Waals surface area contributed by atoms with Crippen molar-refractivity contribution in [2.75, 3.05) is 32.7 Å². The highest BCUT2D eigenvalue weighted by Crippen LogP contribution is 2.37. The maximum atomic E-state index is 13.6. The summed E-state index contributed by atoms with van der Waals surface area (Å²) in [5.74, 6) is 1.12. The molecule has 0 aliphatic carbocycles. The highest BCUT2D eigenvalue weighted by atomic mass is 32.1. The molecule has 4 heterocycles. The first kappa shape index (κ1) is 22.5. The van der Waals surface area contributed by atoms with Crippen LogP contribution in [0.3, 0.4) is 0 Å². The van der Waals surface area contributed by atoms with Gasteiger partial charge in [-0.05, 0) is 90.0 Å². The van der Waals surface area contributed by atoms with E-state index in [1.165, 1.54) is 11.1 Å². The Morgan fingerprint density at radius 2 is 1.83 bits per heavy atom. The van der Waals surface area contributed by atoms with Crippen LogP contribution < -0.4 is 0 Å². The normalized spacial score (nSPS) is 21.7. The predicted molar refractivity (Wildman–Crippen MR) is 137 cm³/mol. The highest BCUT2D eigenvalue weighted by molar-refractivity contribution is 7.08. The molecule has 0 unspecified atom stereocenters. The lowest BCUT2D eigenvalue weighted by Crippen LogP contribution is -2.38. The zero-order valence-electron chi connectivity index (χ0n) is 19.6. The second-order valence-corrected chi connectivity index (χ2v) is 10.7. The van der Waals surface area contributed by atoms with E-state index in [2.05, 4.69) is 21.7 Å². The average molecular weight is 489 g/mol. The number of thiophene rings is 1. The van der Waals surface area contributed by atoms with Crippen molar-refractivity contribution in [2.24, 2.45) is 5.92 Å². The Bertz CT molecular complexity index is 1290. The van der Waals surface area contributed by atoms with E-state index in [0.717, 1.165) is 51.0 Å². The molecule has 2 aliphatic rings. The fraction of sp³-hybridized carbons (Fsp3) is 0.345. The fourth-order valence-corrected chi connectivity index (χ4v) is 6.66. The monoisotopic (exact) mass is 488 g/mol. The molecular formula is C29H29FN2O2S. The number of likely N-dealkylation sites (tertiary alicyclic amines) is 2. The van der Waals surface area contributed by atoms with E-state index in [-0.39, 0.29) is 11.7 Å². The molecule has 6 heteroatoms. The zero-order chi connectivity index (χ0) is 23.8. The molecule has 0 saturated carbocycles. The number of para-hydroxylation sites is 1. The van der Waals surface area contributed by atoms with E-state index in [1.54, 1.807) is 29.7 Å². The Hall–Kier alpha value is -2.96. The topological polar surface area (TPSA) is 36.7 Å². The molecule has 35 heavy (non-hydrogen) atoms. The van der Waals surface area contributed by atoms with E-state index in [0.29, 0.717) is 28.9 Å². The average Bonchev–Trinajstić information content (AvgIpc) is 3.65. The molecule has 2 aromatic heterocycles.